The molecule has 1 aliphatic heterocycles. The molecule has 0 saturated carbocycles. The maximum atomic E-state index is 12.5. The van der Waals surface area contributed by atoms with Crippen LogP contribution in [0.25, 0.3) is 20.7 Å². The van der Waals surface area contributed by atoms with E-state index in [0.29, 0.717) is 23.6 Å². The molecule has 2 amide bonds. The van der Waals surface area contributed by atoms with Crippen molar-refractivity contribution < 1.29 is 14.3 Å². The van der Waals surface area contributed by atoms with E-state index in [0.717, 1.165) is 37.0 Å². The number of thiophene rings is 2. The summed E-state index contributed by atoms with van der Waals surface area (Å²) in [6.07, 6.45) is 1.82. The molecule has 0 fully saturated rings. The lowest BCUT2D eigenvalue weighted by Crippen LogP contribution is -2.36. The molecule has 0 radical (unpaired) electrons. The molecule has 9 heteroatoms. The van der Waals surface area contributed by atoms with Crippen LogP contribution in [0.3, 0.4) is 0 Å². The molecule has 4 heterocycles. The number of ether oxygens (including phenoxy) is 1. The molecule has 7 nitrogen and oxygen atoms in total. The van der Waals surface area contributed by atoms with Crippen LogP contribution in [-0.4, -0.2) is 33.9 Å². The number of benzene rings is 1. The molecule has 4 aromatic rings. The van der Waals surface area contributed by atoms with Crippen LogP contribution < -0.4 is 10.2 Å². The molecule has 160 valence electrons. The highest BCUT2D eigenvalue weighted by Gasteiger charge is 2.30. The van der Waals surface area contributed by atoms with Gasteiger partial charge in [0.15, 0.2) is 5.82 Å². The van der Waals surface area contributed by atoms with E-state index in [2.05, 4.69) is 5.43 Å². The zero-order valence-electron chi connectivity index (χ0n) is 17.3. The number of hydrazine groups is 1. The van der Waals surface area contributed by atoms with Gasteiger partial charge in [-0.1, -0.05) is 18.2 Å². The normalized spacial score (nSPS) is 13.7. The zero-order valence-corrected chi connectivity index (χ0v) is 18.9. The number of hydrogen-bond acceptors (Lipinski definition) is 8. The fourth-order valence-electron chi connectivity index (χ4n) is 3.48. The summed E-state index contributed by atoms with van der Waals surface area (Å²) in [6.45, 7) is 1.62. The van der Waals surface area contributed by atoms with E-state index in [-0.39, 0.29) is 5.91 Å². The number of nitrogens with zero attached hydrogens (tertiary/aromatic N) is 3. The van der Waals surface area contributed by atoms with E-state index in [4.69, 9.17) is 14.7 Å². The Morgan fingerprint density at radius 3 is 2.56 bits per heavy atom. The topological polar surface area (TPSA) is 84.4 Å². The van der Waals surface area contributed by atoms with Gasteiger partial charge in [-0.25, -0.2) is 9.97 Å². The molecular formula is C23H18N4O3S2. The monoisotopic (exact) mass is 462 g/mol. The summed E-state index contributed by atoms with van der Waals surface area (Å²) in [6, 6.07) is 11.7. The van der Waals surface area contributed by atoms with Gasteiger partial charge in [-0.2, -0.15) is 5.01 Å². The van der Waals surface area contributed by atoms with Crippen molar-refractivity contribution in [3.63, 3.8) is 0 Å². The van der Waals surface area contributed by atoms with Crippen molar-refractivity contribution in [1.82, 2.24) is 15.0 Å². The highest BCUT2D eigenvalue weighted by atomic mass is 32.1. The van der Waals surface area contributed by atoms with Gasteiger partial charge in [-0.3, -0.25) is 15.0 Å². The van der Waals surface area contributed by atoms with Gasteiger partial charge in [-0.15, -0.1) is 22.7 Å². The van der Waals surface area contributed by atoms with Gasteiger partial charge in [-0.05, 0) is 36.1 Å². The number of hydrogen-bond donors (Lipinski definition) is 1. The Morgan fingerprint density at radius 1 is 1.09 bits per heavy atom. The summed E-state index contributed by atoms with van der Waals surface area (Å²) in [4.78, 5) is 36.2. The number of nitrogens with one attached hydrogen (secondary N) is 1. The van der Waals surface area contributed by atoms with E-state index >= 15 is 0 Å². The number of carbonyl (C=O) groups excluding carboxylic acids is 2. The first kappa shape index (κ1) is 20.3. The van der Waals surface area contributed by atoms with Crippen molar-refractivity contribution in [2.75, 3.05) is 12.5 Å². The summed E-state index contributed by atoms with van der Waals surface area (Å²) >= 11 is 3.12. The van der Waals surface area contributed by atoms with Gasteiger partial charge in [0.25, 0.3) is 11.8 Å². The number of imide groups is 1. The summed E-state index contributed by atoms with van der Waals surface area (Å²) in [5, 5.41) is 5.83. The first-order valence-corrected chi connectivity index (χ1v) is 11.6. The minimum atomic E-state index is -0.413. The molecule has 1 aromatic carbocycles. The summed E-state index contributed by atoms with van der Waals surface area (Å²) in [5.41, 5.74) is 5.35. The number of rotatable bonds is 6. The van der Waals surface area contributed by atoms with Crippen LogP contribution >= 0.6 is 22.7 Å². The van der Waals surface area contributed by atoms with Crippen LogP contribution in [0.4, 0.5) is 5.82 Å². The fraction of sp³-hybridized carbons (Fsp3) is 0.130. The van der Waals surface area contributed by atoms with Crippen LogP contribution in [0.1, 0.15) is 18.3 Å². The van der Waals surface area contributed by atoms with E-state index in [1.165, 1.54) is 17.4 Å². The minimum Gasteiger partial charge on any atom is -0.497 e. The molecule has 0 unspecified atom stereocenters. The van der Waals surface area contributed by atoms with Crippen LogP contribution in [0, 0.1) is 0 Å². The van der Waals surface area contributed by atoms with Gasteiger partial charge >= 0.3 is 0 Å². The summed E-state index contributed by atoms with van der Waals surface area (Å²) in [7, 11) is 1.63. The lowest BCUT2D eigenvalue weighted by molar-refractivity contribution is -0.135. The van der Waals surface area contributed by atoms with Crippen LogP contribution in [0.15, 0.2) is 58.8 Å². The third-order valence-corrected chi connectivity index (χ3v) is 6.88. The predicted molar refractivity (Wildman–Crippen MR) is 126 cm³/mol. The summed E-state index contributed by atoms with van der Waals surface area (Å²) in [5.74, 6) is 1.01. The molecule has 0 atom stereocenters. The van der Waals surface area contributed by atoms with Crippen LogP contribution in [0.5, 0.6) is 5.75 Å². The number of anilines is 1. The van der Waals surface area contributed by atoms with Gasteiger partial charge in [0.05, 0.1) is 12.5 Å². The number of fused-ring (bicyclic) bond motifs is 1. The third-order valence-electron chi connectivity index (χ3n) is 5.11. The van der Waals surface area contributed by atoms with Gasteiger partial charge in [0.1, 0.15) is 16.4 Å². The van der Waals surface area contributed by atoms with Crippen molar-refractivity contribution in [2.24, 2.45) is 0 Å². The Balaban J connectivity index is 1.58. The van der Waals surface area contributed by atoms with Crippen molar-refractivity contribution in [1.29, 1.82) is 0 Å². The molecule has 3 aromatic heterocycles. The Labute approximate surface area is 192 Å². The van der Waals surface area contributed by atoms with Crippen molar-refractivity contribution in [2.45, 2.75) is 13.3 Å². The predicted octanol–water partition coefficient (Wildman–Crippen LogP) is 4.66. The number of aromatic nitrogens is 2. The number of methoxy groups -OCH3 is 1. The van der Waals surface area contributed by atoms with E-state index < -0.39 is 5.91 Å². The highest BCUT2D eigenvalue weighted by Crippen LogP contribution is 2.39. The second kappa shape index (κ2) is 8.18. The van der Waals surface area contributed by atoms with Crippen molar-refractivity contribution >= 4 is 50.5 Å². The molecule has 0 aliphatic carbocycles. The smallest absolute Gasteiger partial charge is 0.275 e. The Morgan fingerprint density at radius 2 is 1.91 bits per heavy atom. The first-order valence-electron chi connectivity index (χ1n) is 9.82. The van der Waals surface area contributed by atoms with Crippen molar-refractivity contribution in [3.05, 3.63) is 70.2 Å². The van der Waals surface area contributed by atoms with Crippen LogP contribution in [-0.2, 0) is 16.0 Å². The standard InChI is InChI=1S/C23H18N4O3S2/c1-13-10-19(28)27(23(13)29)26-21-20-16(17-4-3-9-31-17)12-32-22(20)25-18(24-21)11-14-5-7-15(30-2)8-6-14/h3-10,12H,11H2,1-2H3,(H,24,25,26). The van der Waals surface area contributed by atoms with Gasteiger partial charge in [0.2, 0.25) is 0 Å². The number of amides is 2. The maximum absolute atomic E-state index is 12.5. The SMILES string of the molecule is COc1ccc(Cc2nc(NN3C(=O)C=C(C)C3=O)c3c(-c4cccs4)csc3n2)cc1. The molecule has 0 bridgehead atoms. The molecule has 0 spiro atoms. The first-order chi connectivity index (χ1) is 15.5. The summed E-state index contributed by atoms with van der Waals surface area (Å²) < 4.78 is 5.22. The molecule has 5 rings (SSSR count). The van der Waals surface area contributed by atoms with Crippen LogP contribution in [0.2, 0.25) is 0 Å². The molecule has 0 saturated heterocycles. The molecule has 1 N–H and O–H groups in total. The zero-order chi connectivity index (χ0) is 22.2. The quantitative estimate of drug-likeness (QED) is 0.420. The van der Waals surface area contributed by atoms with E-state index in [1.54, 1.807) is 25.4 Å². The lowest BCUT2D eigenvalue weighted by atomic mass is 10.1. The van der Waals surface area contributed by atoms with Crippen molar-refractivity contribution in [3.8, 4) is 16.2 Å². The number of carbonyl (C=O) groups is 2. The molecule has 32 heavy (non-hydrogen) atoms. The maximum Gasteiger partial charge on any atom is 0.275 e. The average Bonchev–Trinajstić information content (AvgIpc) is 3.51. The second-order valence-corrected chi connectivity index (χ2v) is 9.04. The van der Waals surface area contributed by atoms with E-state index in [9.17, 15) is 9.59 Å². The Hall–Kier alpha value is -3.56. The Kier molecular flexibility index (Phi) is 5.20. The second-order valence-electron chi connectivity index (χ2n) is 7.24. The van der Waals surface area contributed by atoms with Gasteiger partial charge < -0.3 is 4.74 Å². The lowest BCUT2D eigenvalue weighted by Gasteiger charge is -2.18. The van der Waals surface area contributed by atoms with Gasteiger partial charge in [0, 0.05) is 33.9 Å². The largest absolute Gasteiger partial charge is 0.497 e. The highest BCUT2D eigenvalue weighted by molar-refractivity contribution is 7.18. The van der Waals surface area contributed by atoms with E-state index in [1.807, 2.05) is 47.2 Å². The third kappa shape index (κ3) is 3.65. The minimum absolute atomic E-state index is 0.383. The molecule has 1 aliphatic rings. The molecular weight excluding hydrogens is 444 g/mol. The Bertz CT molecular complexity index is 1360. The average molecular weight is 463 g/mol. The fourth-order valence-corrected chi connectivity index (χ4v) is 5.27.